The topological polar surface area (TPSA) is 112 Å². The molecule has 0 bridgehead atoms. The Labute approximate surface area is 134 Å². The molecule has 0 aromatic rings. The first-order valence-corrected chi connectivity index (χ1v) is 8.12. The minimum Gasteiger partial charge on any atom is -0.274 e. The fraction of sp³-hybridized carbons (Fsp3) is 0.636. The van der Waals surface area contributed by atoms with E-state index in [0.29, 0.717) is 9.80 Å². The summed E-state index contributed by atoms with van der Waals surface area (Å²) in [5, 5.41) is 0. The third-order valence-corrected chi connectivity index (χ3v) is 5.04. The standard InChI is InChI=1S/C11H12F3N3O6S/c12-11(13,14)24(22,23)15(5-16-7(18)1-2-8(16)19)6-17-9(20)3-4-10(17)21/h1-6H2. The molecule has 0 aromatic carbocycles. The largest absolute Gasteiger partial charge is 0.511 e. The van der Waals surface area contributed by atoms with Gasteiger partial charge in [-0.2, -0.15) is 17.5 Å². The van der Waals surface area contributed by atoms with Gasteiger partial charge in [-0.1, -0.05) is 0 Å². The number of hydrogen-bond acceptors (Lipinski definition) is 6. The van der Waals surface area contributed by atoms with E-state index in [4.69, 9.17) is 0 Å². The minimum absolute atomic E-state index is 0.250. The molecule has 0 N–H and O–H groups in total. The van der Waals surface area contributed by atoms with Gasteiger partial charge in [0, 0.05) is 25.7 Å². The Kier molecular flexibility index (Phi) is 4.68. The van der Waals surface area contributed by atoms with Crippen molar-refractivity contribution < 1.29 is 40.8 Å². The molecule has 0 saturated carbocycles. The van der Waals surface area contributed by atoms with E-state index in [1.807, 2.05) is 0 Å². The summed E-state index contributed by atoms with van der Waals surface area (Å²) in [6.45, 7) is -2.42. The zero-order valence-electron chi connectivity index (χ0n) is 12.1. The van der Waals surface area contributed by atoms with Gasteiger partial charge < -0.3 is 0 Å². The number of likely N-dealkylation sites (tertiary alicyclic amines) is 2. The van der Waals surface area contributed by atoms with E-state index in [1.54, 1.807) is 0 Å². The summed E-state index contributed by atoms with van der Waals surface area (Å²) in [7, 11) is -5.97. The lowest BCUT2D eigenvalue weighted by atomic mass is 10.4. The first-order chi connectivity index (χ1) is 10.9. The van der Waals surface area contributed by atoms with Crippen LogP contribution in [0.25, 0.3) is 0 Å². The molecular formula is C11H12F3N3O6S. The van der Waals surface area contributed by atoms with Crippen molar-refractivity contribution in [3.63, 3.8) is 0 Å². The molecule has 0 radical (unpaired) electrons. The number of sulfonamides is 1. The highest BCUT2D eigenvalue weighted by molar-refractivity contribution is 7.90. The number of rotatable bonds is 5. The summed E-state index contributed by atoms with van der Waals surface area (Å²) in [5.74, 6) is -3.33. The quantitative estimate of drug-likeness (QED) is 0.594. The molecule has 2 saturated heterocycles. The molecule has 2 heterocycles. The van der Waals surface area contributed by atoms with Gasteiger partial charge in [0.15, 0.2) is 0 Å². The van der Waals surface area contributed by atoms with Gasteiger partial charge in [0.25, 0.3) is 0 Å². The van der Waals surface area contributed by atoms with Gasteiger partial charge in [0.05, 0.1) is 13.3 Å². The van der Waals surface area contributed by atoms with E-state index in [0.717, 1.165) is 0 Å². The average molecular weight is 371 g/mol. The summed E-state index contributed by atoms with van der Waals surface area (Å²) < 4.78 is 61.5. The third-order valence-electron chi connectivity index (χ3n) is 3.54. The van der Waals surface area contributed by atoms with Crippen molar-refractivity contribution in [2.45, 2.75) is 31.2 Å². The zero-order valence-corrected chi connectivity index (χ0v) is 12.9. The van der Waals surface area contributed by atoms with E-state index in [2.05, 4.69) is 0 Å². The lowest BCUT2D eigenvalue weighted by Crippen LogP contribution is -2.52. The molecule has 0 atom stereocenters. The number of amides is 4. The molecule has 2 fully saturated rings. The number of carbonyl (C=O) groups excluding carboxylic acids is 4. The third kappa shape index (κ3) is 3.26. The lowest BCUT2D eigenvalue weighted by Gasteiger charge is -2.29. The van der Waals surface area contributed by atoms with Gasteiger partial charge >= 0.3 is 15.5 Å². The Morgan fingerprint density at radius 2 is 1.08 bits per heavy atom. The molecular weight excluding hydrogens is 359 g/mol. The maximum Gasteiger partial charge on any atom is 0.511 e. The summed E-state index contributed by atoms with van der Waals surface area (Å²) in [4.78, 5) is 46.8. The minimum atomic E-state index is -5.97. The molecule has 9 nitrogen and oxygen atoms in total. The smallest absolute Gasteiger partial charge is 0.274 e. The van der Waals surface area contributed by atoms with Crippen LogP contribution in [0.1, 0.15) is 25.7 Å². The van der Waals surface area contributed by atoms with Crippen LogP contribution in [0.4, 0.5) is 13.2 Å². The van der Waals surface area contributed by atoms with Gasteiger partial charge in [-0.15, -0.1) is 0 Å². The highest BCUT2D eigenvalue weighted by Gasteiger charge is 2.52. The normalized spacial score (nSPS) is 20.0. The van der Waals surface area contributed by atoms with Crippen LogP contribution >= 0.6 is 0 Å². The summed E-state index contributed by atoms with van der Waals surface area (Å²) >= 11 is 0. The monoisotopic (exact) mass is 371 g/mol. The highest BCUT2D eigenvalue weighted by Crippen LogP contribution is 2.28. The Balaban J connectivity index is 2.31. The predicted molar refractivity (Wildman–Crippen MR) is 68.7 cm³/mol. The van der Waals surface area contributed by atoms with Crippen molar-refractivity contribution in [3.05, 3.63) is 0 Å². The van der Waals surface area contributed by atoms with Crippen molar-refractivity contribution >= 4 is 33.7 Å². The molecule has 0 unspecified atom stereocenters. The second kappa shape index (κ2) is 6.12. The fourth-order valence-electron chi connectivity index (χ4n) is 2.22. The van der Waals surface area contributed by atoms with Crippen LogP contribution in [-0.4, -0.2) is 65.0 Å². The van der Waals surface area contributed by atoms with E-state index < -0.39 is 52.5 Å². The lowest BCUT2D eigenvalue weighted by molar-refractivity contribution is -0.142. The Morgan fingerprint density at radius 1 is 0.792 bits per heavy atom. The van der Waals surface area contributed by atoms with Gasteiger partial charge in [-0.3, -0.25) is 29.0 Å². The Bertz CT molecular complexity index is 634. The van der Waals surface area contributed by atoms with Gasteiger partial charge in [-0.25, -0.2) is 8.42 Å². The molecule has 0 aliphatic carbocycles. The molecule has 2 rings (SSSR count). The first-order valence-electron chi connectivity index (χ1n) is 6.68. The maximum absolute atomic E-state index is 12.8. The number of halogens is 3. The molecule has 13 heteroatoms. The molecule has 24 heavy (non-hydrogen) atoms. The number of hydrogen-bond donors (Lipinski definition) is 0. The van der Waals surface area contributed by atoms with E-state index in [-0.39, 0.29) is 30.0 Å². The molecule has 2 aliphatic heterocycles. The Hall–Kier alpha value is -2.02. The van der Waals surface area contributed by atoms with Crippen LogP contribution in [0.2, 0.25) is 0 Å². The van der Waals surface area contributed by atoms with Crippen LogP contribution in [0, 0.1) is 0 Å². The molecule has 0 aromatic heterocycles. The van der Waals surface area contributed by atoms with Crippen LogP contribution < -0.4 is 0 Å². The van der Waals surface area contributed by atoms with Crippen LogP contribution in [-0.2, 0) is 29.2 Å². The van der Waals surface area contributed by atoms with Crippen LogP contribution in [0.15, 0.2) is 0 Å². The summed E-state index contributed by atoms with van der Waals surface area (Å²) in [6.07, 6.45) is -0.999. The molecule has 134 valence electrons. The second-order valence-corrected chi connectivity index (χ2v) is 7.05. The second-order valence-electron chi connectivity index (χ2n) is 5.12. The van der Waals surface area contributed by atoms with Gasteiger partial charge in [-0.05, 0) is 0 Å². The van der Waals surface area contributed by atoms with Gasteiger partial charge in [0.2, 0.25) is 23.6 Å². The van der Waals surface area contributed by atoms with Crippen molar-refractivity contribution in [1.82, 2.24) is 14.1 Å². The summed E-state index contributed by atoms with van der Waals surface area (Å²) in [6, 6.07) is 0. The Morgan fingerprint density at radius 3 is 1.33 bits per heavy atom. The van der Waals surface area contributed by atoms with Crippen molar-refractivity contribution in [2.75, 3.05) is 13.3 Å². The van der Waals surface area contributed by atoms with Crippen molar-refractivity contribution in [1.29, 1.82) is 0 Å². The summed E-state index contributed by atoms with van der Waals surface area (Å²) in [5.41, 5.74) is -5.72. The molecule has 0 spiro atoms. The van der Waals surface area contributed by atoms with E-state index in [9.17, 15) is 40.8 Å². The van der Waals surface area contributed by atoms with Crippen molar-refractivity contribution in [2.24, 2.45) is 0 Å². The number of carbonyl (C=O) groups is 4. The number of alkyl halides is 3. The zero-order chi connectivity index (χ0) is 18.3. The predicted octanol–water partition coefficient (Wildman–Crippen LogP) is -0.649. The first kappa shape index (κ1) is 18.3. The molecule has 2 aliphatic rings. The maximum atomic E-state index is 12.8. The average Bonchev–Trinajstić information content (AvgIpc) is 2.94. The fourth-order valence-corrected chi connectivity index (χ4v) is 3.05. The van der Waals surface area contributed by atoms with Gasteiger partial charge in [0.1, 0.15) is 0 Å². The molecule has 4 amide bonds. The van der Waals surface area contributed by atoms with Crippen molar-refractivity contribution in [3.8, 4) is 0 Å². The number of imide groups is 2. The van der Waals surface area contributed by atoms with E-state index >= 15 is 0 Å². The van der Waals surface area contributed by atoms with Crippen LogP contribution in [0.5, 0.6) is 0 Å². The highest BCUT2D eigenvalue weighted by atomic mass is 32.2. The number of nitrogens with zero attached hydrogens (tertiary/aromatic N) is 3. The van der Waals surface area contributed by atoms with Crippen LogP contribution in [0.3, 0.4) is 0 Å². The van der Waals surface area contributed by atoms with E-state index in [1.165, 1.54) is 0 Å². The SMILES string of the molecule is O=C1CCC(=O)N1CN(CN1C(=O)CCC1=O)S(=O)(=O)C(F)(F)F.